The Bertz CT molecular complexity index is 693. The molecule has 9 nitrogen and oxygen atoms in total. The lowest BCUT2D eigenvalue weighted by atomic mass is 9.96. The van der Waals surface area contributed by atoms with Crippen molar-refractivity contribution in [2.45, 2.75) is 62.4 Å². The summed E-state index contributed by atoms with van der Waals surface area (Å²) in [6.45, 7) is 0.956. The number of nitrogens with one attached hydrogen (secondary N) is 2. The van der Waals surface area contributed by atoms with Crippen LogP contribution < -0.4 is 10.6 Å². The lowest BCUT2D eigenvalue weighted by Crippen LogP contribution is -2.50. The van der Waals surface area contributed by atoms with Crippen LogP contribution in [0.4, 0.5) is 0 Å². The average Bonchev–Trinajstić information content (AvgIpc) is 3.39. The third kappa shape index (κ3) is 3.92. The van der Waals surface area contributed by atoms with E-state index in [9.17, 15) is 4.79 Å². The fraction of sp³-hybridized carbons (Fsp3) is 0.765. The molecule has 0 bridgehead atoms. The van der Waals surface area contributed by atoms with E-state index in [2.05, 4.69) is 25.7 Å². The summed E-state index contributed by atoms with van der Waals surface area (Å²) in [5.74, 6) is -0.511. The molecule has 1 aliphatic carbocycles. The molecule has 0 radical (unpaired) electrons. The van der Waals surface area contributed by atoms with E-state index in [0.717, 1.165) is 0 Å². The molecule has 1 aromatic heterocycles. The zero-order chi connectivity index (χ0) is 18.8. The van der Waals surface area contributed by atoms with Crippen LogP contribution in [0.15, 0.2) is 6.20 Å². The Morgan fingerprint density at radius 1 is 1.22 bits per heavy atom. The van der Waals surface area contributed by atoms with Crippen LogP contribution in [0.3, 0.4) is 0 Å². The van der Waals surface area contributed by atoms with E-state index in [1.54, 1.807) is 10.9 Å². The molecule has 148 valence electrons. The number of fused-ring (bicyclic) bond motifs is 1. The number of methoxy groups -OCH3 is 1. The molecule has 4 unspecified atom stereocenters. The largest absolute Gasteiger partial charge is 0.464 e. The fourth-order valence-corrected chi connectivity index (χ4v) is 4.43. The second kappa shape index (κ2) is 8.07. The van der Waals surface area contributed by atoms with Crippen molar-refractivity contribution in [3.05, 3.63) is 11.9 Å². The van der Waals surface area contributed by atoms with Crippen molar-refractivity contribution in [2.24, 2.45) is 0 Å². The highest BCUT2D eigenvalue weighted by Crippen LogP contribution is 2.34. The molecule has 3 fully saturated rings. The zero-order valence-electron chi connectivity index (χ0n) is 15.3. The van der Waals surface area contributed by atoms with Crippen molar-refractivity contribution in [3.8, 4) is 0 Å². The first-order chi connectivity index (χ1) is 13.2. The first kappa shape index (κ1) is 18.6. The van der Waals surface area contributed by atoms with E-state index in [-0.39, 0.29) is 30.0 Å². The summed E-state index contributed by atoms with van der Waals surface area (Å²) in [5.41, 5.74) is 0.173. The summed E-state index contributed by atoms with van der Waals surface area (Å²) in [6, 6.07) is 0.320. The number of aromatic nitrogens is 3. The second-order valence-corrected chi connectivity index (χ2v) is 7.71. The van der Waals surface area contributed by atoms with Crippen LogP contribution in [0, 0.1) is 0 Å². The van der Waals surface area contributed by atoms with E-state index in [0.29, 0.717) is 24.4 Å². The number of hydrogen-bond donors (Lipinski definition) is 2. The Kier molecular flexibility index (Phi) is 5.55. The van der Waals surface area contributed by atoms with Gasteiger partial charge >= 0.3 is 5.97 Å². The van der Waals surface area contributed by atoms with E-state index in [1.807, 2.05) is 0 Å². The molecule has 27 heavy (non-hydrogen) atoms. The van der Waals surface area contributed by atoms with Gasteiger partial charge in [0.25, 0.3) is 0 Å². The number of ether oxygens (including phenoxy) is 3. The molecule has 0 amide bonds. The van der Waals surface area contributed by atoms with Gasteiger partial charge in [-0.2, -0.15) is 0 Å². The van der Waals surface area contributed by atoms with Crippen LogP contribution >= 0.6 is 12.2 Å². The molecule has 10 heteroatoms. The smallest absolute Gasteiger partial charge is 0.360 e. The van der Waals surface area contributed by atoms with Crippen molar-refractivity contribution >= 4 is 23.3 Å². The third-order valence-corrected chi connectivity index (χ3v) is 5.76. The highest BCUT2D eigenvalue weighted by molar-refractivity contribution is 7.80. The number of rotatable bonds is 4. The maximum Gasteiger partial charge on any atom is 0.360 e. The number of carbonyl (C=O) groups excluding carboxylic acids is 1. The van der Waals surface area contributed by atoms with Crippen LogP contribution in [0.1, 0.15) is 48.6 Å². The first-order valence-corrected chi connectivity index (χ1v) is 9.87. The normalized spacial score (nSPS) is 30.7. The van der Waals surface area contributed by atoms with Crippen molar-refractivity contribution in [1.82, 2.24) is 25.6 Å². The molecule has 3 aliphatic rings. The highest BCUT2D eigenvalue weighted by atomic mass is 32.1. The molecule has 0 aromatic carbocycles. The zero-order valence-corrected chi connectivity index (χ0v) is 16.1. The lowest BCUT2D eigenvalue weighted by molar-refractivity contribution is 0.0592. The summed E-state index contributed by atoms with van der Waals surface area (Å²) in [5, 5.41) is 15.3. The summed E-state index contributed by atoms with van der Waals surface area (Å²) in [4.78, 5) is 11.6. The second-order valence-electron chi connectivity index (χ2n) is 7.30. The third-order valence-electron chi connectivity index (χ3n) is 5.53. The molecule has 2 saturated heterocycles. The quantitative estimate of drug-likeness (QED) is 0.560. The Morgan fingerprint density at radius 3 is 2.78 bits per heavy atom. The standard InChI is InChI=1S/C17H25N5O4S/c1-24-16(23)11-7-22(21-20-11)13-9-26-14-12(8-25-15(13)14)19-17(27)18-10-5-3-2-4-6-10/h7,10,12-15H,2-6,8-9H2,1H3,(H2,18,19,27). The predicted octanol–water partition coefficient (Wildman–Crippen LogP) is 0.569. The molecule has 1 aromatic rings. The minimum absolute atomic E-state index is 0.00723. The first-order valence-electron chi connectivity index (χ1n) is 9.46. The van der Waals surface area contributed by atoms with Gasteiger partial charge in [0.15, 0.2) is 10.8 Å². The minimum atomic E-state index is -0.511. The molecule has 2 aliphatic heterocycles. The van der Waals surface area contributed by atoms with Crippen LogP contribution in [0.25, 0.3) is 0 Å². The van der Waals surface area contributed by atoms with Gasteiger partial charge in [-0.15, -0.1) is 5.10 Å². The van der Waals surface area contributed by atoms with Crippen molar-refractivity contribution in [2.75, 3.05) is 20.3 Å². The molecular formula is C17H25N5O4S. The highest BCUT2D eigenvalue weighted by Gasteiger charge is 2.49. The van der Waals surface area contributed by atoms with E-state index in [4.69, 9.17) is 21.7 Å². The summed E-state index contributed by atoms with van der Waals surface area (Å²) >= 11 is 5.49. The van der Waals surface area contributed by atoms with Gasteiger partial charge in [0.2, 0.25) is 0 Å². The van der Waals surface area contributed by atoms with Gasteiger partial charge in [-0.3, -0.25) is 0 Å². The monoisotopic (exact) mass is 395 g/mol. The van der Waals surface area contributed by atoms with Crippen molar-refractivity contribution in [3.63, 3.8) is 0 Å². The Morgan fingerprint density at radius 2 is 2.00 bits per heavy atom. The van der Waals surface area contributed by atoms with Gasteiger partial charge < -0.3 is 24.8 Å². The van der Waals surface area contributed by atoms with E-state index in [1.165, 1.54) is 39.2 Å². The van der Waals surface area contributed by atoms with Gasteiger partial charge in [-0.25, -0.2) is 9.48 Å². The van der Waals surface area contributed by atoms with Gasteiger partial charge in [0.1, 0.15) is 18.2 Å². The van der Waals surface area contributed by atoms with Crippen LogP contribution in [-0.2, 0) is 14.2 Å². The molecule has 4 rings (SSSR count). The van der Waals surface area contributed by atoms with Crippen LogP contribution in [0.5, 0.6) is 0 Å². The topological polar surface area (TPSA) is 99.5 Å². The molecule has 4 atom stereocenters. The minimum Gasteiger partial charge on any atom is -0.464 e. The van der Waals surface area contributed by atoms with Crippen LogP contribution in [0.2, 0.25) is 0 Å². The van der Waals surface area contributed by atoms with E-state index >= 15 is 0 Å². The number of thiocarbonyl (C=S) groups is 1. The fourth-order valence-electron chi connectivity index (χ4n) is 4.11. The maximum absolute atomic E-state index is 11.6. The number of esters is 1. The SMILES string of the molecule is COC(=O)c1cn(C2COC3C(NC(=S)NC4CCCCC4)COC32)nn1. The van der Waals surface area contributed by atoms with Gasteiger partial charge in [-0.05, 0) is 25.1 Å². The summed E-state index contributed by atoms with van der Waals surface area (Å²) in [7, 11) is 1.32. The summed E-state index contributed by atoms with van der Waals surface area (Å²) < 4.78 is 18.2. The van der Waals surface area contributed by atoms with Crippen molar-refractivity contribution in [1.29, 1.82) is 0 Å². The molecule has 1 saturated carbocycles. The van der Waals surface area contributed by atoms with Gasteiger partial charge in [0.05, 0.1) is 32.6 Å². The van der Waals surface area contributed by atoms with Gasteiger partial charge in [-0.1, -0.05) is 24.5 Å². The van der Waals surface area contributed by atoms with Gasteiger partial charge in [0, 0.05) is 6.04 Å². The molecule has 0 spiro atoms. The average molecular weight is 395 g/mol. The molecule has 2 N–H and O–H groups in total. The summed E-state index contributed by atoms with van der Waals surface area (Å²) in [6.07, 6.45) is 7.46. The van der Waals surface area contributed by atoms with Crippen molar-refractivity contribution < 1.29 is 19.0 Å². The molecule has 3 heterocycles. The number of nitrogens with zero attached hydrogens (tertiary/aromatic N) is 3. The number of carbonyl (C=O) groups is 1. The van der Waals surface area contributed by atoms with Crippen LogP contribution in [-0.4, -0.2) is 70.7 Å². The maximum atomic E-state index is 11.6. The Labute approximate surface area is 163 Å². The Balaban J connectivity index is 1.33. The Hall–Kier alpha value is -1.78. The number of hydrogen-bond acceptors (Lipinski definition) is 7. The predicted molar refractivity (Wildman–Crippen MR) is 99.4 cm³/mol. The molecular weight excluding hydrogens is 370 g/mol. The van der Waals surface area contributed by atoms with E-state index < -0.39 is 5.97 Å². The lowest BCUT2D eigenvalue weighted by Gasteiger charge is -2.26.